The Hall–Kier alpha value is -1.83. The van der Waals surface area contributed by atoms with Crippen molar-refractivity contribution < 1.29 is 9.53 Å². The van der Waals surface area contributed by atoms with Crippen molar-refractivity contribution >= 4 is 29.1 Å². The summed E-state index contributed by atoms with van der Waals surface area (Å²) in [7, 11) is 4.28. The lowest BCUT2D eigenvalue weighted by molar-refractivity contribution is -0.134. The number of amides is 1. The van der Waals surface area contributed by atoms with E-state index in [1.165, 1.54) is 6.42 Å². The monoisotopic (exact) mass is 548 g/mol. The van der Waals surface area contributed by atoms with Gasteiger partial charge in [-0.2, -0.15) is 0 Å². The molecular formula is C29H42Cl2N4O2. The Morgan fingerprint density at radius 1 is 1.14 bits per heavy atom. The molecule has 3 rings (SSSR count). The summed E-state index contributed by atoms with van der Waals surface area (Å²) in [6.45, 7) is 10.2. The quantitative estimate of drug-likeness (QED) is 0.396. The molecule has 0 bridgehead atoms. The molecule has 2 aromatic rings. The Balaban J connectivity index is 1.75. The van der Waals surface area contributed by atoms with E-state index in [1.54, 1.807) is 6.07 Å². The number of carbonyl (C=O) groups excluding carboxylic acids is 1. The number of hydrogen-bond acceptors (Lipinski definition) is 5. The molecule has 2 unspecified atom stereocenters. The van der Waals surface area contributed by atoms with E-state index in [1.807, 2.05) is 43.0 Å². The summed E-state index contributed by atoms with van der Waals surface area (Å²) in [4.78, 5) is 20.1. The zero-order valence-electron chi connectivity index (χ0n) is 22.8. The number of rotatable bonds is 12. The van der Waals surface area contributed by atoms with E-state index in [4.69, 9.17) is 33.7 Å². The predicted molar refractivity (Wildman–Crippen MR) is 154 cm³/mol. The third-order valence-electron chi connectivity index (χ3n) is 7.13. The van der Waals surface area contributed by atoms with Crippen molar-refractivity contribution in [1.82, 2.24) is 14.7 Å². The summed E-state index contributed by atoms with van der Waals surface area (Å²) in [5, 5.41) is 0.925. The summed E-state index contributed by atoms with van der Waals surface area (Å²) in [6.07, 6.45) is 1.60. The maximum Gasteiger partial charge on any atom is 0.224 e. The first kappa shape index (κ1) is 29.7. The largest absolute Gasteiger partial charge is 0.491 e. The van der Waals surface area contributed by atoms with Gasteiger partial charge in [0.15, 0.2) is 0 Å². The topological polar surface area (TPSA) is 62.0 Å². The molecule has 2 N–H and O–H groups in total. The maximum atomic E-state index is 13.6. The van der Waals surface area contributed by atoms with Crippen molar-refractivity contribution in [3.05, 3.63) is 63.1 Å². The average molecular weight is 550 g/mol. The minimum Gasteiger partial charge on any atom is -0.491 e. The molecule has 1 saturated heterocycles. The lowest BCUT2D eigenvalue weighted by Gasteiger charge is -2.33. The number of ether oxygens (including phenoxy) is 1. The first-order chi connectivity index (χ1) is 17.6. The third kappa shape index (κ3) is 8.59. The van der Waals surface area contributed by atoms with Crippen LogP contribution in [0.2, 0.25) is 10.0 Å². The maximum absolute atomic E-state index is 13.6. The summed E-state index contributed by atoms with van der Waals surface area (Å²) < 4.78 is 6.24. The van der Waals surface area contributed by atoms with Gasteiger partial charge in [0.2, 0.25) is 5.91 Å². The normalized spacial score (nSPS) is 18.8. The molecule has 0 radical (unpaired) electrons. The molecule has 1 amide bonds. The summed E-state index contributed by atoms with van der Waals surface area (Å²) in [5.74, 6) is 1.54. The highest BCUT2D eigenvalue weighted by molar-refractivity contribution is 6.42. The minimum atomic E-state index is -0.348. The fraction of sp³-hybridized carbons (Fsp3) is 0.552. The zero-order valence-corrected chi connectivity index (χ0v) is 24.4. The van der Waals surface area contributed by atoms with Gasteiger partial charge in [-0.3, -0.25) is 4.79 Å². The van der Waals surface area contributed by atoms with Crippen LogP contribution in [0.1, 0.15) is 42.5 Å². The van der Waals surface area contributed by atoms with Crippen LogP contribution in [0, 0.1) is 19.8 Å². The van der Waals surface area contributed by atoms with Gasteiger partial charge in [-0.05, 0) is 81.2 Å². The fourth-order valence-electron chi connectivity index (χ4n) is 5.33. The second kappa shape index (κ2) is 13.8. The molecule has 0 spiro atoms. The molecule has 3 atom stereocenters. The summed E-state index contributed by atoms with van der Waals surface area (Å²) in [6, 6.07) is 11.8. The summed E-state index contributed by atoms with van der Waals surface area (Å²) >= 11 is 12.6. The molecule has 204 valence electrons. The van der Waals surface area contributed by atoms with Crippen molar-refractivity contribution in [1.29, 1.82) is 0 Å². The van der Waals surface area contributed by atoms with Gasteiger partial charge in [0.1, 0.15) is 12.4 Å². The first-order valence-corrected chi connectivity index (χ1v) is 13.9. The highest BCUT2D eigenvalue weighted by atomic mass is 35.5. The van der Waals surface area contributed by atoms with Crippen molar-refractivity contribution in [3.63, 3.8) is 0 Å². The van der Waals surface area contributed by atoms with Gasteiger partial charge < -0.3 is 25.2 Å². The van der Waals surface area contributed by atoms with Crippen LogP contribution in [0.25, 0.3) is 0 Å². The minimum absolute atomic E-state index is 0.0468. The number of aryl methyl sites for hydroxylation is 2. The molecule has 37 heavy (non-hydrogen) atoms. The molecular weight excluding hydrogens is 507 g/mol. The van der Waals surface area contributed by atoms with Crippen LogP contribution in [0.5, 0.6) is 5.75 Å². The number of nitrogens with zero attached hydrogens (tertiary/aromatic N) is 3. The standard InChI is InChI=1S/C29H42Cl2N4O2/c1-20-12-21(2)15-25(14-20)37-19-28(23-6-7-26(30)27(31)16-23)35(11-9-32)29(36)8-10-33(4)18-24-13-22(3)17-34(24)5/h6-7,12,14-16,22,24,28H,8-11,13,17-19,32H2,1-5H3/t22?,24-,28?/m1/s1. The molecule has 0 saturated carbocycles. The average Bonchev–Trinajstić information content (AvgIpc) is 3.14. The van der Waals surface area contributed by atoms with Gasteiger partial charge in [0, 0.05) is 45.2 Å². The van der Waals surface area contributed by atoms with Crippen LogP contribution in [0.3, 0.4) is 0 Å². The van der Waals surface area contributed by atoms with E-state index in [-0.39, 0.29) is 18.6 Å². The number of halogens is 2. The van der Waals surface area contributed by atoms with Crippen LogP contribution in [0.15, 0.2) is 36.4 Å². The van der Waals surface area contributed by atoms with Crippen LogP contribution in [-0.2, 0) is 4.79 Å². The Bertz CT molecular complexity index is 1030. The number of carbonyl (C=O) groups is 1. The van der Waals surface area contributed by atoms with E-state index < -0.39 is 0 Å². The van der Waals surface area contributed by atoms with E-state index in [0.717, 1.165) is 35.5 Å². The third-order valence-corrected chi connectivity index (χ3v) is 7.86. The lowest BCUT2D eigenvalue weighted by atomic mass is 10.0. The van der Waals surface area contributed by atoms with Crippen LogP contribution < -0.4 is 10.5 Å². The van der Waals surface area contributed by atoms with E-state index in [2.05, 4.69) is 36.9 Å². The SMILES string of the molecule is Cc1cc(C)cc(OCC(c2ccc(Cl)c(Cl)c2)N(CCN)C(=O)CCN(C)C[C@H]2CC(C)CN2C)c1. The number of likely N-dealkylation sites (tertiary alicyclic amines) is 1. The molecule has 6 nitrogen and oxygen atoms in total. The molecule has 1 aliphatic rings. The molecule has 8 heteroatoms. The number of benzene rings is 2. The molecule has 2 aromatic carbocycles. The van der Waals surface area contributed by atoms with Crippen LogP contribution in [-0.4, -0.2) is 80.1 Å². The Morgan fingerprint density at radius 3 is 2.43 bits per heavy atom. The summed E-state index contributed by atoms with van der Waals surface area (Å²) in [5.41, 5.74) is 9.10. The van der Waals surface area contributed by atoms with Gasteiger partial charge >= 0.3 is 0 Å². The Morgan fingerprint density at radius 2 is 1.84 bits per heavy atom. The molecule has 1 heterocycles. The van der Waals surface area contributed by atoms with Gasteiger partial charge in [0.25, 0.3) is 0 Å². The first-order valence-electron chi connectivity index (χ1n) is 13.1. The second-order valence-corrected chi connectivity index (χ2v) is 11.5. The van der Waals surface area contributed by atoms with Gasteiger partial charge in [-0.1, -0.05) is 42.3 Å². The molecule has 1 aliphatic heterocycles. The van der Waals surface area contributed by atoms with E-state index >= 15 is 0 Å². The second-order valence-electron chi connectivity index (χ2n) is 10.6. The van der Waals surface area contributed by atoms with Gasteiger partial charge in [-0.15, -0.1) is 0 Å². The van der Waals surface area contributed by atoms with Crippen LogP contribution in [0.4, 0.5) is 0 Å². The van der Waals surface area contributed by atoms with E-state index in [0.29, 0.717) is 48.1 Å². The van der Waals surface area contributed by atoms with E-state index in [9.17, 15) is 4.79 Å². The van der Waals surface area contributed by atoms with Crippen molar-refractivity contribution in [2.45, 2.75) is 45.7 Å². The highest BCUT2D eigenvalue weighted by Crippen LogP contribution is 2.30. The highest BCUT2D eigenvalue weighted by Gasteiger charge is 2.29. The van der Waals surface area contributed by atoms with Crippen LogP contribution >= 0.6 is 23.2 Å². The lowest BCUT2D eigenvalue weighted by Crippen LogP contribution is -2.43. The molecule has 0 aliphatic carbocycles. The Kier molecular flexibility index (Phi) is 11.1. The number of likely N-dealkylation sites (N-methyl/N-ethyl adjacent to an activating group) is 2. The van der Waals surface area contributed by atoms with Crippen molar-refractivity contribution in [3.8, 4) is 5.75 Å². The number of nitrogens with two attached hydrogens (primary N) is 1. The fourth-order valence-corrected chi connectivity index (χ4v) is 5.63. The molecule has 1 fully saturated rings. The smallest absolute Gasteiger partial charge is 0.224 e. The number of hydrogen-bond donors (Lipinski definition) is 1. The zero-order chi connectivity index (χ0) is 27.1. The van der Waals surface area contributed by atoms with Crippen molar-refractivity contribution in [2.24, 2.45) is 11.7 Å². The van der Waals surface area contributed by atoms with Gasteiger partial charge in [0.05, 0.1) is 16.1 Å². The Labute approximate surface area is 232 Å². The van der Waals surface area contributed by atoms with Gasteiger partial charge in [-0.25, -0.2) is 0 Å². The van der Waals surface area contributed by atoms with Crippen molar-refractivity contribution in [2.75, 3.05) is 53.4 Å². The molecule has 0 aromatic heterocycles. The predicted octanol–water partition coefficient (Wildman–Crippen LogP) is 5.18.